The maximum atomic E-state index is 11.5. The van der Waals surface area contributed by atoms with Gasteiger partial charge in [0.15, 0.2) is 0 Å². The summed E-state index contributed by atoms with van der Waals surface area (Å²) in [5.74, 6) is -0.299. The first kappa shape index (κ1) is 22.5. The predicted molar refractivity (Wildman–Crippen MR) is 111 cm³/mol. The molecule has 12 atom stereocenters. The van der Waals surface area contributed by atoms with Crippen molar-refractivity contribution in [1.29, 1.82) is 0 Å². The number of carbonyl (C=O) groups is 1. The standard InChI is InChI=1S/C24H40O6/c1-12(4-7-19(27)28)14-5-6-15-20-16(11-18(26)24(14,15)3)23(2)9-8-13(25)10-17(23)21(29)22(20)30/h12-18,20-22,25-26,29-30H,4-11H2,1-3H3,(H,27,28)/t12-,13?,14-,15+,16+,17?,18?,20+,21?,22?,23-,24-/m0/s1. The van der Waals surface area contributed by atoms with Gasteiger partial charge in [-0.2, -0.15) is 0 Å². The normalized spacial score (nSPS) is 54.0. The van der Waals surface area contributed by atoms with Gasteiger partial charge in [0, 0.05) is 6.42 Å². The molecule has 0 amide bonds. The molecule has 0 radical (unpaired) electrons. The summed E-state index contributed by atoms with van der Waals surface area (Å²) >= 11 is 0. The topological polar surface area (TPSA) is 118 Å². The van der Waals surface area contributed by atoms with Crippen LogP contribution >= 0.6 is 0 Å². The van der Waals surface area contributed by atoms with E-state index in [0.717, 1.165) is 19.3 Å². The summed E-state index contributed by atoms with van der Waals surface area (Å²) in [5.41, 5.74) is -0.547. The first-order valence-electron chi connectivity index (χ1n) is 12.0. The van der Waals surface area contributed by atoms with Crippen LogP contribution in [0, 0.1) is 46.3 Å². The van der Waals surface area contributed by atoms with Gasteiger partial charge in [-0.3, -0.25) is 4.79 Å². The van der Waals surface area contributed by atoms with Gasteiger partial charge in [-0.15, -0.1) is 0 Å². The number of aliphatic carboxylic acids is 1. The number of hydrogen-bond donors (Lipinski definition) is 5. The number of carboxylic acid groups (broad SMARTS) is 1. The Labute approximate surface area is 179 Å². The van der Waals surface area contributed by atoms with Crippen LogP contribution < -0.4 is 0 Å². The van der Waals surface area contributed by atoms with Gasteiger partial charge >= 0.3 is 5.97 Å². The summed E-state index contributed by atoms with van der Waals surface area (Å²) in [7, 11) is 0. The van der Waals surface area contributed by atoms with Gasteiger partial charge < -0.3 is 25.5 Å². The first-order valence-corrected chi connectivity index (χ1v) is 12.0. The highest BCUT2D eigenvalue weighted by molar-refractivity contribution is 5.66. The Bertz CT molecular complexity index is 668. The quantitative estimate of drug-likeness (QED) is 0.473. The minimum atomic E-state index is -0.839. The highest BCUT2D eigenvalue weighted by atomic mass is 16.4. The molecule has 0 aliphatic heterocycles. The lowest BCUT2D eigenvalue weighted by atomic mass is 9.42. The van der Waals surface area contributed by atoms with Crippen molar-refractivity contribution >= 4 is 5.97 Å². The summed E-state index contributed by atoms with van der Waals surface area (Å²) in [6, 6.07) is 0. The summed E-state index contributed by atoms with van der Waals surface area (Å²) in [6.45, 7) is 6.45. The molecule has 4 saturated carbocycles. The Morgan fingerprint density at radius 1 is 0.967 bits per heavy atom. The van der Waals surface area contributed by atoms with Crippen LogP contribution in [0.4, 0.5) is 0 Å². The molecule has 172 valence electrons. The van der Waals surface area contributed by atoms with E-state index in [1.165, 1.54) is 0 Å². The van der Waals surface area contributed by atoms with E-state index >= 15 is 0 Å². The zero-order valence-electron chi connectivity index (χ0n) is 18.6. The van der Waals surface area contributed by atoms with Crippen LogP contribution in [-0.4, -0.2) is 55.9 Å². The van der Waals surface area contributed by atoms with Crippen molar-refractivity contribution in [1.82, 2.24) is 0 Å². The maximum absolute atomic E-state index is 11.5. The van der Waals surface area contributed by atoms with Crippen LogP contribution in [0.15, 0.2) is 0 Å². The largest absolute Gasteiger partial charge is 0.481 e. The molecule has 0 aromatic rings. The minimum absolute atomic E-state index is 0.0541. The molecule has 6 nitrogen and oxygen atoms in total. The fourth-order valence-corrected chi connectivity index (χ4v) is 8.72. The summed E-state index contributed by atoms with van der Waals surface area (Å²) in [5, 5.41) is 53.1. The lowest BCUT2D eigenvalue weighted by Gasteiger charge is -2.64. The third-order valence-corrected chi connectivity index (χ3v) is 10.4. The number of rotatable bonds is 4. The van der Waals surface area contributed by atoms with Crippen molar-refractivity contribution in [3.05, 3.63) is 0 Å². The van der Waals surface area contributed by atoms with E-state index in [9.17, 15) is 25.2 Å². The Hall–Kier alpha value is -0.690. The Kier molecular flexibility index (Phi) is 5.79. The Morgan fingerprint density at radius 2 is 1.67 bits per heavy atom. The average Bonchev–Trinajstić information content (AvgIpc) is 3.05. The van der Waals surface area contributed by atoms with Gasteiger partial charge in [-0.05, 0) is 91.3 Å². The maximum Gasteiger partial charge on any atom is 0.303 e. The molecule has 0 saturated heterocycles. The van der Waals surface area contributed by atoms with E-state index in [2.05, 4.69) is 20.8 Å². The predicted octanol–water partition coefficient (Wildman–Crippen LogP) is 2.42. The molecule has 6 heteroatoms. The van der Waals surface area contributed by atoms with Crippen molar-refractivity contribution in [2.24, 2.45) is 46.3 Å². The molecule has 4 rings (SSSR count). The zero-order valence-corrected chi connectivity index (χ0v) is 18.6. The van der Waals surface area contributed by atoms with Gasteiger partial charge in [0.25, 0.3) is 0 Å². The fourth-order valence-electron chi connectivity index (χ4n) is 8.72. The van der Waals surface area contributed by atoms with E-state index in [1.54, 1.807) is 0 Å². The van der Waals surface area contributed by atoms with Crippen molar-refractivity contribution in [3.8, 4) is 0 Å². The summed E-state index contributed by atoms with van der Waals surface area (Å²) in [4.78, 5) is 11.1. The second-order valence-corrected chi connectivity index (χ2v) is 11.5. The van der Waals surface area contributed by atoms with Crippen LogP contribution in [-0.2, 0) is 4.79 Å². The van der Waals surface area contributed by atoms with Crippen LogP contribution in [0.2, 0.25) is 0 Å². The number of hydrogen-bond acceptors (Lipinski definition) is 5. The zero-order chi connectivity index (χ0) is 22.0. The van der Waals surface area contributed by atoms with E-state index in [1.807, 2.05) is 0 Å². The smallest absolute Gasteiger partial charge is 0.303 e. The lowest BCUT2D eigenvalue weighted by Crippen LogP contribution is -2.66. The van der Waals surface area contributed by atoms with Crippen molar-refractivity contribution in [2.75, 3.05) is 0 Å². The first-order chi connectivity index (χ1) is 14.0. The van der Waals surface area contributed by atoms with Gasteiger partial charge in [0.05, 0.1) is 24.4 Å². The molecule has 0 heterocycles. The van der Waals surface area contributed by atoms with E-state index in [0.29, 0.717) is 25.7 Å². The summed E-state index contributed by atoms with van der Waals surface area (Å²) < 4.78 is 0. The Morgan fingerprint density at radius 3 is 2.33 bits per heavy atom. The number of fused-ring (bicyclic) bond motifs is 5. The molecular formula is C24H40O6. The molecule has 5 unspecified atom stereocenters. The second kappa shape index (κ2) is 7.72. The molecule has 4 fully saturated rings. The van der Waals surface area contributed by atoms with Gasteiger partial charge in [0.1, 0.15) is 0 Å². The van der Waals surface area contributed by atoms with Crippen LogP contribution in [0.25, 0.3) is 0 Å². The van der Waals surface area contributed by atoms with E-state index in [-0.39, 0.29) is 52.8 Å². The minimum Gasteiger partial charge on any atom is -0.481 e. The van der Waals surface area contributed by atoms with E-state index < -0.39 is 30.4 Å². The second-order valence-electron chi connectivity index (χ2n) is 11.5. The molecule has 0 aromatic heterocycles. The Balaban J connectivity index is 1.64. The lowest BCUT2D eigenvalue weighted by molar-refractivity contribution is -0.243. The van der Waals surface area contributed by atoms with Gasteiger partial charge in [-0.1, -0.05) is 20.8 Å². The molecular weight excluding hydrogens is 384 g/mol. The monoisotopic (exact) mass is 424 g/mol. The third kappa shape index (κ3) is 3.16. The van der Waals surface area contributed by atoms with Crippen molar-refractivity contribution < 1.29 is 30.3 Å². The molecule has 4 aliphatic rings. The summed E-state index contributed by atoms with van der Waals surface area (Å²) in [6.07, 6.45) is 2.67. The van der Waals surface area contributed by atoms with E-state index in [4.69, 9.17) is 5.11 Å². The third-order valence-electron chi connectivity index (χ3n) is 10.4. The number of carboxylic acids is 1. The van der Waals surface area contributed by atoms with Crippen LogP contribution in [0.3, 0.4) is 0 Å². The van der Waals surface area contributed by atoms with Crippen molar-refractivity contribution in [3.63, 3.8) is 0 Å². The van der Waals surface area contributed by atoms with Gasteiger partial charge in [0.2, 0.25) is 0 Å². The molecule has 0 aromatic carbocycles. The molecule has 30 heavy (non-hydrogen) atoms. The SMILES string of the molecule is C[C@@H](CCC(=O)O)[C@@H]1CC[C@@H]2[C@H]3C(O)C(O)C4CC(O)CC[C@@]4(C)[C@@H]3CC(O)[C@]21C. The fraction of sp³-hybridized carbons (Fsp3) is 0.958. The highest BCUT2D eigenvalue weighted by Crippen LogP contribution is 2.68. The van der Waals surface area contributed by atoms with Crippen LogP contribution in [0.1, 0.15) is 72.1 Å². The van der Waals surface area contributed by atoms with Crippen LogP contribution in [0.5, 0.6) is 0 Å². The molecule has 4 aliphatic carbocycles. The van der Waals surface area contributed by atoms with Crippen molar-refractivity contribution in [2.45, 2.75) is 96.6 Å². The molecule has 5 N–H and O–H groups in total. The van der Waals surface area contributed by atoms with Gasteiger partial charge in [-0.25, -0.2) is 0 Å². The molecule has 0 spiro atoms. The highest BCUT2D eigenvalue weighted by Gasteiger charge is 2.67. The molecule has 0 bridgehead atoms. The number of aliphatic hydroxyl groups excluding tert-OH is 4. The average molecular weight is 425 g/mol. The number of aliphatic hydroxyl groups is 4.